The summed E-state index contributed by atoms with van der Waals surface area (Å²) in [6.45, 7) is 1.98. The predicted molar refractivity (Wildman–Crippen MR) is 96.9 cm³/mol. The van der Waals surface area contributed by atoms with E-state index in [0.29, 0.717) is 19.3 Å². The molecule has 146 valence electrons. The number of carbonyl (C=O) groups excluding carboxylic acids is 1. The molecule has 1 fully saturated rings. The average molecular weight is 368 g/mol. The number of rotatable bonds is 11. The zero-order chi connectivity index (χ0) is 19.6. The highest BCUT2D eigenvalue weighted by molar-refractivity contribution is 5.85. The summed E-state index contributed by atoms with van der Waals surface area (Å²) in [5.74, 6) is -4.47. The number of hydrogen-bond donors (Lipinski definition) is 3. The Labute approximate surface area is 153 Å². The first-order valence-corrected chi connectivity index (χ1v) is 9.15. The maximum Gasteiger partial charge on any atom is 0.364 e. The van der Waals surface area contributed by atoms with E-state index in [2.05, 4.69) is 0 Å². The van der Waals surface area contributed by atoms with Crippen molar-refractivity contribution in [2.75, 3.05) is 0 Å². The molecule has 0 unspecified atom stereocenters. The monoisotopic (exact) mass is 368 g/mol. The Morgan fingerprint density at radius 3 is 2.65 bits per heavy atom. The van der Waals surface area contributed by atoms with Gasteiger partial charge in [0, 0.05) is 25.2 Å². The topological polar surface area (TPSA) is 94.8 Å². The van der Waals surface area contributed by atoms with Gasteiger partial charge in [-0.05, 0) is 31.6 Å². The molecule has 0 amide bonds. The number of ketones is 1. The molecule has 3 N–H and O–H groups in total. The fourth-order valence-electron chi connectivity index (χ4n) is 2.96. The minimum absolute atomic E-state index is 0.144. The van der Waals surface area contributed by atoms with E-state index in [4.69, 9.17) is 5.11 Å². The van der Waals surface area contributed by atoms with Crippen molar-refractivity contribution >= 4 is 11.8 Å². The quantitative estimate of drug-likeness (QED) is 0.382. The van der Waals surface area contributed by atoms with Gasteiger partial charge < -0.3 is 15.3 Å². The smallest absolute Gasteiger partial charge is 0.364 e. The van der Waals surface area contributed by atoms with Crippen LogP contribution in [0.2, 0.25) is 0 Å². The number of halogens is 1. The number of allylic oxidation sites excluding steroid dienone is 6. The molecule has 0 radical (unpaired) electrons. The van der Waals surface area contributed by atoms with Crippen LogP contribution in [0, 0.1) is 11.8 Å². The molecule has 0 bridgehead atoms. The second kappa shape index (κ2) is 11.0. The van der Waals surface area contributed by atoms with Gasteiger partial charge in [0.15, 0.2) is 0 Å². The van der Waals surface area contributed by atoms with E-state index in [0.717, 1.165) is 12.8 Å². The lowest BCUT2D eigenvalue weighted by atomic mass is 9.91. The van der Waals surface area contributed by atoms with Crippen molar-refractivity contribution in [3.8, 4) is 0 Å². The van der Waals surface area contributed by atoms with Crippen LogP contribution in [0.1, 0.15) is 58.3 Å². The van der Waals surface area contributed by atoms with Crippen molar-refractivity contribution in [3.63, 3.8) is 0 Å². The van der Waals surface area contributed by atoms with Crippen molar-refractivity contribution < 1.29 is 29.3 Å². The molecule has 0 aromatic carbocycles. The molecule has 0 aromatic rings. The van der Waals surface area contributed by atoms with E-state index in [1.807, 2.05) is 13.0 Å². The summed E-state index contributed by atoms with van der Waals surface area (Å²) in [4.78, 5) is 22.6. The maximum absolute atomic E-state index is 13.5. The minimum Gasteiger partial charge on any atom is -0.477 e. The zero-order valence-electron chi connectivity index (χ0n) is 15.2. The molecule has 26 heavy (non-hydrogen) atoms. The van der Waals surface area contributed by atoms with Gasteiger partial charge in [0.25, 0.3) is 5.79 Å². The molecular formula is C20H29FO5. The van der Waals surface area contributed by atoms with Gasteiger partial charge in [0.2, 0.25) is 0 Å². The number of carbonyl (C=O) groups is 2. The van der Waals surface area contributed by atoms with E-state index < -0.39 is 11.8 Å². The Kier molecular flexibility index (Phi) is 9.44. The molecule has 5 nitrogen and oxygen atoms in total. The first kappa shape index (κ1) is 22.3. The largest absolute Gasteiger partial charge is 0.477 e. The fourth-order valence-corrected chi connectivity index (χ4v) is 2.96. The molecule has 2 atom stereocenters. The molecule has 0 heterocycles. The number of Topliss-reactive ketones (excluding diaryl/α,β-unsaturated/α-hetero) is 1. The van der Waals surface area contributed by atoms with E-state index in [-0.39, 0.29) is 42.7 Å². The lowest BCUT2D eigenvalue weighted by molar-refractivity contribution is -0.205. The number of hydrogen-bond acceptors (Lipinski definition) is 4. The normalized spacial score (nSPS) is 22.0. The summed E-state index contributed by atoms with van der Waals surface area (Å²) in [6, 6.07) is 0. The lowest BCUT2D eigenvalue weighted by Crippen LogP contribution is -2.37. The summed E-state index contributed by atoms with van der Waals surface area (Å²) in [5, 5.41) is 27.0. The van der Waals surface area contributed by atoms with Crippen LogP contribution in [0.15, 0.2) is 36.2 Å². The first-order valence-electron chi connectivity index (χ1n) is 9.15. The molecule has 1 aliphatic carbocycles. The molecule has 0 aromatic heterocycles. The molecule has 1 saturated carbocycles. The van der Waals surface area contributed by atoms with Gasteiger partial charge in [0.05, 0.1) is 5.83 Å². The second-order valence-corrected chi connectivity index (χ2v) is 6.73. The van der Waals surface area contributed by atoms with Gasteiger partial charge in [-0.1, -0.05) is 43.7 Å². The van der Waals surface area contributed by atoms with E-state index in [1.165, 1.54) is 0 Å². The standard InChI is InChI=1S/C20H29FO5/c1-2-3-9-16(21)10-7-11-17-15(12-13-18(17)22)8-5-4-6-14-20(25,26)19(23)24/h4-5,7,9,11,15,17,25-26H,2-3,6,8,10,12-14H2,1H3,(H,23,24)/t15-,17+/m0/s1. The van der Waals surface area contributed by atoms with Crippen molar-refractivity contribution in [3.05, 3.63) is 36.2 Å². The van der Waals surface area contributed by atoms with Crippen LogP contribution in [0.3, 0.4) is 0 Å². The van der Waals surface area contributed by atoms with Crippen LogP contribution >= 0.6 is 0 Å². The van der Waals surface area contributed by atoms with Crippen LogP contribution in [0.25, 0.3) is 0 Å². The van der Waals surface area contributed by atoms with Gasteiger partial charge in [-0.2, -0.15) is 0 Å². The van der Waals surface area contributed by atoms with Crippen LogP contribution < -0.4 is 0 Å². The van der Waals surface area contributed by atoms with Crippen LogP contribution in [0.4, 0.5) is 4.39 Å². The average Bonchev–Trinajstić information content (AvgIpc) is 2.93. The summed E-state index contributed by atoms with van der Waals surface area (Å²) in [6.07, 6.45) is 12.3. The third-order valence-corrected chi connectivity index (χ3v) is 4.56. The van der Waals surface area contributed by atoms with Crippen molar-refractivity contribution in [2.45, 2.75) is 64.1 Å². The predicted octanol–water partition coefficient (Wildman–Crippen LogP) is 3.67. The highest BCUT2D eigenvalue weighted by atomic mass is 19.1. The fraction of sp³-hybridized carbons (Fsp3) is 0.600. The van der Waals surface area contributed by atoms with Gasteiger partial charge in [-0.3, -0.25) is 4.79 Å². The lowest BCUT2D eigenvalue weighted by Gasteiger charge is -2.15. The zero-order valence-corrected chi connectivity index (χ0v) is 15.2. The SMILES string of the molecule is CCCC=C(F)CC=C[C@H]1C(=O)CC[C@@H]1CC=CCCC(O)(O)C(=O)O. The van der Waals surface area contributed by atoms with Crippen molar-refractivity contribution in [1.29, 1.82) is 0 Å². The van der Waals surface area contributed by atoms with Crippen LogP contribution in [-0.2, 0) is 9.59 Å². The number of unbranched alkanes of at least 4 members (excludes halogenated alkanes) is 1. The molecule has 1 rings (SSSR count). The number of aliphatic carboxylic acids is 1. The van der Waals surface area contributed by atoms with Gasteiger partial charge >= 0.3 is 5.97 Å². The highest BCUT2D eigenvalue weighted by Gasteiger charge is 2.32. The number of carboxylic acid groups (broad SMARTS) is 1. The van der Waals surface area contributed by atoms with Crippen molar-refractivity contribution in [2.24, 2.45) is 11.8 Å². The molecule has 0 aliphatic heterocycles. The van der Waals surface area contributed by atoms with Gasteiger partial charge in [0.1, 0.15) is 5.78 Å². The summed E-state index contributed by atoms with van der Waals surface area (Å²) >= 11 is 0. The molecule has 6 heteroatoms. The maximum atomic E-state index is 13.5. The Morgan fingerprint density at radius 2 is 2.00 bits per heavy atom. The van der Waals surface area contributed by atoms with Crippen molar-refractivity contribution in [1.82, 2.24) is 0 Å². The minimum atomic E-state index is -2.71. The molecule has 1 aliphatic rings. The molecule has 0 saturated heterocycles. The molecular weight excluding hydrogens is 339 g/mol. The van der Waals surface area contributed by atoms with E-state index >= 15 is 0 Å². The first-order chi connectivity index (χ1) is 12.3. The number of aliphatic hydroxyl groups is 2. The molecule has 0 spiro atoms. The second-order valence-electron chi connectivity index (χ2n) is 6.73. The Balaban J connectivity index is 2.47. The van der Waals surface area contributed by atoms with Crippen LogP contribution in [-0.4, -0.2) is 32.9 Å². The summed E-state index contributed by atoms with van der Waals surface area (Å²) in [7, 11) is 0. The van der Waals surface area contributed by atoms with E-state index in [1.54, 1.807) is 24.3 Å². The van der Waals surface area contributed by atoms with E-state index in [9.17, 15) is 24.2 Å². The van der Waals surface area contributed by atoms with Gasteiger partial charge in [-0.15, -0.1) is 0 Å². The Bertz CT molecular complexity index is 563. The Morgan fingerprint density at radius 1 is 1.27 bits per heavy atom. The number of carboxylic acids is 1. The Hall–Kier alpha value is -1.79. The summed E-state index contributed by atoms with van der Waals surface area (Å²) < 4.78 is 13.5. The highest BCUT2D eigenvalue weighted by Crippen LogP contribution is 2.33. The third-order valence-electron chi connectivity index (χ3n) is 4.56. The van der Waals surface area contributed by atoms with Gasteiger partial charge in [-0.25, -0.2) is 9.18 Å². The third kappa shape index (κ3) is 7.62. The van der Waals surface area contributed by atoms with Crippen LogP contribution in [0.5, 0.6) is 0 Å². The summed E-state index contributed by atoms with van der Waals surface area (Å²) in [5.41, 5.74) is 0.